The quantitative estimate of drug-likeness (QED) is 0.802. The van der Waals surface area contributed by atoms with E-state index in [2.05, 4.69) is 0 Å². The van der Waals surface area contributed by atoms with Gasteiger partial charge in [0.1, 0.15) is 11.9 Å². The van der Waals surface area contributed by atoms with Crippen LogP contribution in [0.25, 0.3) is 0 Å². The van der Waals surface area contributed by atoms with Gasteiger partial charge in [-0.05, 0) is 19.1 Å². The fourth-order valence-electron chi connectivity index (χ4n) is 1.83. The van der Waals surface area contributed by atoms with Crippen molar-refractivity contribution in [3.8, 4) is 0 Å². The third kappa shape index (κ3) is 3.43. The Bertz CT molecular complexity index is 440. The molecule has 0 amide bonds. The lowest BCUT2D eigenvalue weighted by molar-refractivity contribution is -0.175. The van der Waals surface area contributed by atoms with Gasteiger partial charge in [-0.3, -0.25) is 0 Å². The van der Waals surface area contributed by atoms with Crippen LogP contribution in [0.3, 0.4) is 0 Å². The fraction of sp³-hybridized carbons (Fsp3) is 0.462. The third-order valence-corrected chi connectivity index (χ3v) is 3.11. The second-order valence-corrected chi connectivity index (χ2v) is 4.56. The maximum absolute atomic E-state index is 13.7. The first kappa shape index (κ1) is 14.2. The molecule has 1 fully saturated rings. The van der Waals surface area contributed by atoms with E-state index in [1.165, 1.54) is 12.1 Å². The molecule has 6 heteroatoms. The largest absolute Gasteiger partial charge is 0.456 e. The smallest absolute Gasteiger partial charge is 0.338 e. The summed E-state index contributed by atoms with van der Waals surface area (Å²) in [4.78, 5) is 11.8. The summed E-state index contributed by atoms with van der Waals surface area (Å²) in [5, 5.41) is 0.223. The number of carbonyl (C=O) groups is 1. The molecule has 19 heavy (non-hydrogen) atoms. The van der Waals surface area contributed by atoms with Crippen LogP contribution in [0.2, 0.25) is 5.02 Å². The molecular weight excluding hydrogens is 275 g/mol. The fourth-order valence-corrected chi connectivity index (χ4v) is 2.15. The zero-order valence-corrected chi connectivity index (χ0v) is 11.2. The molecule has 1 aliphatic heterocycles. The van der Waals surface area contributed by atoms with E-state index in [0.717, 1.165) is 0 Å². The Morgan fingerprint density at radius 3 is 2.95 bits per heavy atom. The second-order valence-electron chi connectivity index (χ2n) is 4.15. The van der Waals surface area contributed by atoms with Gasteiger partial charge in [-0.1, -0.05) is 17.7 Å². The van der Waals surface area contributed by atoms with E-state index in [9.17, 15) is 9.18 Å². The summed E-state index contributed by atoms with van der Waals surface area (Å²) in [7, 11) is 0. The molecule has 0 aliphatic carbocycles. The van der Waals surface area contributed by atoms with Gasteiger partial charge in [0.25, 0.3) is 0 Å². The van der Waals surface area contributed by atoms with Crippen molar-refractivity contribution < 1.29 is 23.4 Å². The number of carbonyl (C=O) groups excluding carboxylic acids is 1. The maximum Gasteiger partial charge on any atom is 0.338 e. The SMILES string of the molecule is C[C@H](OC(=O)[C@H]1COCCO1)c1c(F)cccc1Cl. The highest BCUT2D eigenvalue weighted by Gasteiger charge is 2.27. The van der Waals surface area contributed by atoms with Gasteiger partial charge in [0, 0.05) is 5.56 Å². The van der Waals surface area contributed by atoms with Crippen molar-refractivity contribution in [1.82, 2.24) is 0 Å². The van der Waals surface area contributed by atoms with Crippen LogP contribution in [0.1, 0.15) is 18.6 Å². The molecule has 2 rings (SSSR count). The van der Waals surface area contributed by atoms with Gasteiger partial charge < -0.3 is 14.2 Å². The van der Waals surface area contributed by atoms with E-state index in [1.54, 1.807) is 13.0 Å². The molecule has 4 nitrogen and oxygen atoms in total. The van der Waals surface area contributed by atoms with Crippen LogP contribution in [-0.2, 0) is 19.0 Å². The van der Waals surface area contributed by atoms with Crippen molar-refractivity contribution in [3.63, 3.8) is 0 Å². The predicted molar refractivity (Wildman–Crippen MR) is 66.5 cm³/mol. The van der Waals surface area contributed by atoms with E-state index < -0.39 is 24.0 Å². The molecule has 1 aliphatic rings. The highest BCUT2D eigenvalue weighted by Crippen LogP contribution is 2.28. The monoisotopic (exact) mass is 288 g/mol. The number of hydrogen-bond acceptors (Lipinski definition) is 4. The highest BCUT2D eigenvalue weighted by molar-refractivity contribution is 6.31. The number of halogens is 2. The average molecular weight is 289 g/mol. The molecule has 1 aromatic carbocycles. The molecule has 0 N–H and O–H groups in total. The lowest BCUT2D eigenvalue weighted by Gasteiger charge is -2.23. The molecule has 1 aromatic rings. The van der Waals surface area contributed by atoms with Crippen LogP contribution >= 0.6 is 11.6 Å². The van der Waals surface area contributed by atoms with Gasteiger partial charge in [0.15, 0.2) is 6.10 Å². The minimum Gasteiger partial charge on any atom is -0.456 e. The molecule has 1 heterocycles. The Morgan fingerprint density at radius 2 is 2.32 bits per heavy atom. The third-order valence-electron chi connectivity index (χ3n) is 2.78. The summed E-state index contributed by atoms with van der Waals surface area (Å²) in [5.41, 5.74) is 0.161. The summed E-state index contributed by atoms with van der Waals surface area (Å²) in [6, 6.07) is 4.31. The summed E-state index contributed by atoms with van der Waals surface area (Å²) < 4.78 is 29.2. The van der Waals surface area contributed by atoms with Crippen molar-refractivity contribution in [1.29, 1.82) is 0 Å². The standard InChI is InChI=1S/C13H14ClFO4/c1-8(12-9(14)3-2-4-10(12)15)19-13(16)11-7-17-5-6-18-11/h2-4,8,11H,5-7H2,1H3/t8-,11+/m0/s1. The topological polar surface area (TPSA) is 44.8 Å². The Hall–Kier alpha value is -1.17. The molecule has 0 radical (unpaired) electrons. The summed E-state index contributed by atoms with van der Waals surface area (Å²) in [6.07, 6.45) is -1.55. The number of rotatable bonds is 3. The van der Waals surface area contributed by atoms with Crippen LogP contribution in [0, 0.1) is 5.82 Å². The van der Waals surface area contributed by atoms with Crippen LogP contribution in [0.5, 0.6) is 0 Å². The predicted octanol–water partition coefficient (Wildman–Crippen LogP) is 2.50. The maximum atomic E-state index is 13.7. The lowest BCUT2D eigenvalue weighted by Crippen LogP contribution is -2.37. The van der Waals surface area contributed by atoms with Gasteiger partial charge in [-0.25, -0.2) is 9.18 Å². The first-order chi connectivity index (χ1) is 9.09. The molecule has 0 spiro atoms. The molecule has 1 saturated heterocycles. The molecule has 0 aromatic heterocycles. The Balaban J connectivity index is 2.04. The minimum absolute atomic E-state index is 0.149. The number of benzene rings is 1. The molecule has 0 unspecified atom stereocenters. The normalized spacial score (nSPS) is 20.9. The van der Waals surface area contributed by atoms with E-state index in [-0.39, 0.29) is 17.2 Å². The van der Waals surface area contributed by atoms with E-state index in [0.29, 0.717) is 13.2 Å². The summed E-state index contributed by atoms with van der Waals surface area (Å²) in [6.45, 7) is 2.51. The van der Waals surface area contributed by atoms with Gasteiger partial charge in [0.2, 0.25) is 0 Å². The van der Waals surface area contributed by atoms with Gasteiger partial charge in [-0.2, -0.15) is 0 Å². The molecule has 0 saturated carbocycles. The average Bonchev–Trinajstić information content (AvgIpc) is 2.39. The van der Waals surface area contributed by atoms with Gasteiger partial charge in [0.05, 0.1) is 24.8 Å². The van der Waals surface area contributed by atoms with Gasteiger partial charge >= 0.3 is 5.97 Å². The zero-order valence-electron chi connectivity index (χ0n) is 10.4. The Labute approximate surface area is 115 Å². The van der Waals surface area contributed by atoms with Crippen molar-refractivity contribution in [2.75, 3.05) is 19.8 Å². The first-order valence-electron chi connectivity index (χ1n) is 5.93. The van der Waals surface area contributed by atoms with Crippen LogP contribution < -0.4 is 0 Å². The highest BCUT2D eigenvalue weighted by atomic mass is 35.5. The first-order valence-corrected chi connectivity index (χ1v) is 6.31. The van der Waals surface area contributed by atoms with Crippen molar-refractivity contribution in [3.05, 3.63) is 34.6 Å². The summed E-state index contributed by atoms with van der Waals surface area (Å²) >= 11 is 5.91. The molecule has 0 bridgehead atoms. The number of ether oxygens (including phenoxy) is 3. The van der Waals surface area contributed by atoms with Crippen molar-refractivity contribution >= 4 is 17.6 Å². The molecular formula is C13H14ClFO4. The van der Waals surface area contributed by atoms with Crippen LogP contribution in [-0.4, -0.2) is 31.9 Å². The van der Waals surface area contributed by atoms with E-state index >= 15 is 0 Å². The van der Waals surface area contributed by atoms with Crippen LogP contribution in [0.15, 0.2) is 18.2 Å². The zero-order chi connectivity index (χ0) is 13.8. The van der Waals surface area contributed by atoms with Crippen LogP contribution in [0.4, 0.5) is 4.39 Å². The number of esters is 1. The minimum atomic E-state index is -0.785. The van der Waals surface area contributed by atoms with Gasteiger partial charge in [-0.15, -0.1) is 0 Å². The molecule has 2 atom stereocenters. The van der Waals surface area contributed by atoms with E-state index in [4.69, 9.17) is 25.8 Å². The molecule has 104 valence electrons. The van der Waals surface area contributed by atoms with Crippen molar-refractivity contribution in [2.24, 2.45) is 0 Å². The Kier molecular flexibility index (Phi) is 4.74. The lowest BCUT2D eigenvalue weighted by atomic mass is 10.1. The Morgan fingerprint density at radius 1 is 1.53 bits per heavy atom. The number of hydrogen-bond donors (Lipinski definition) is 0. The van der Waals surface area contributed by atoms with Crippen molar-refractivity contribution in [2.45, 2.75) is 19.1 Å². The summed E-state index contributed by atoms with van der Waals surface area (Å²) in [5.74, 6) is -1.08. The second kappa shape index (κ2) is 6.32. The van der Waals surface area contributed by atoms with E-state index in [1.807, 2.05) is 0 Å².